The van der Waals surface area contributed by atoms with Gasteiger partial charge in [0.25, 0.3) is 5.91 Å². The second-order valence-corrected chi connectivity index (χ2v) is 7.47. The summed E-state index contributed by atoms with van der Waals surface area (Å²) in [6.45, 7) is 2.88. The smallest absolute Gasteiger partial charge is 0.323 e. The molecule has 3 aromatic rings. The molecule has 3 aromatic carbocycles. The van der Waals surface area contributed by atoms with Crippen LogP contribution in [0.1, 0.15) is 10.4 Å². The molecule has 1 aliphatic rings. The van der Waals surface area contributed by atoms with Crippen molar-refractivity contribution in [3.05, 3.63) is 84.4 Å². The fourth-order valence-corrected chi connectivity index (χ4v) is 3.72. The van der Waals surface area contributed by atoms with Crippen molar-refractivity contribution in [2.75, 3.05) is 48.8 Å². The normalized spacial score (nSPS) is 13.4. The van der Waals surface area contributed by atoms with E-state index in [0.717, 1.165) is 24.3 Å². The number of methoxy groups -OCH3 is 1. The maximum atomic E-state index is 12.6. The van der Waals surface area contributed by atoms with Crippen molar-refractivity contribution in [2.45, 2.75) is 0 Å². The zero-order chi connectivity index (χ0) is 22.3. The van der Waals surface area contributed by atoms with Crippen LogP contribution < -0.4 is 20.3 Å². The second-order valence-electron chi connectivity index (χ2n) is 7.47. The Morgan fingerprint density at radius 1 is 0.781 bits per heavy atom. The second kappa shape index (κ2) is 9.87. The molecular weight excluding hydrogens is 404 g/mol. The van der Waals surface area contributed by atoms with E-state index in [1.807, 2.05) is 71.6 Å². The fraction of sp³-hybridized carbons (Fsp3) is 0.200. The molecule has 7 heteroatoms. The number of urea groups is 1. The molecule has 7 nitrogen and oxygen atoms in total. The number of hydrogen-bond donors (Lipinski definition) is 2. The Hall–Kier alpha value is -4.00. The van der Waals surface area contributed by atoms with E-state index < -0.39 is 0 Å². The average molecular weight is 431 g/mol. The monoisotopic (exact) mass is 430 g/mol. The first-order chi connectivity index (χ1) is 15.6. The predicted molar refractivity (Wildman–Crippen MR) is 127 cm³/mol. The molecular formula is C25H26N4O3. The number of carbonyl (C=O) groups is 2. The molecule has 2 N–H and O–H groups in total. The van der Waals surface area contributed by atoms with Crippen LogP contribution in [0.4, 0.5) is 21.9 Å². The van der Waals surface area contributed by atoms with E-state index in [1.54, 1.807) is 19.2 Å². The lowest BCUT2D eigenvalue weighted by molar-refractivity contribution is 0.0747. The van der Waals surface area contributed by atoms with Crippen LogP contribution in [0.5, 0.6) is 5.75 Å². The van der Waals surface area contributed by atoms with Crippen LogP contribution in [0.15, 0.2) is 78.9 Å². The first-order valence-corrected chi connectivity index (χ1v) is 10.5. The Morgan fingerprint density at radius 3 is 2.12 bits per heavy atom. The molecule has 0 saturated carbocycles. The number of nitrogens with zero attached hydrogens (tertiary/aromatic N) is 2. The zero-order valence-corrected chi connectivity index (χ0v) is 18.0. The number of benzene rings is 3. The van der Waals surface area contributed by atoms with E-state index in [9.17, 15) is 9.59 Å². The van der Waals surface area contributed by atoms with Gasteiger partial charge >= 0.3 is 6.03 Å². The molecule has 1 aliphatic heterocycles. The van der Waals surface area contributed by atoms with Crippen LogP contribution >= 0.6 is 0 Å². The Kier molecular flexibility index (Phi) is 6.55. The molecule has 0 spiro atoms. The number of carbonyl (C=O) groups excluding carboxylic acids is 2. The molecule has 164 valence electrons. The molecule has 4 rings (SSSR count). The summed E-state index contributed by atoms with van der Waals surface area (Å²) in [6, 6.07) is 24.0. The van der Waals surface area contributed by atoms with E-state index in [2.05, 4.69) is 15.5 Å². The standard InChI is InChI=1S/C25H26N4O3/c1-32-23-10-6-5-9-22(23)27-25(31)26-20-11-13-21(14-12-20)28-15-17-29(18-16-28)24(30)19-7-3-2-4-8-19/h2-14H,15-18H2,1H3,(H2,26,27,31). The maximum absolute atomic E-state index is 12.6. The largest absolute Gasteiger partial charge is 0.495 e. The summed E-state index contributed by atoms with van der Waals surface area (Å²) in [5, 5.41) is 5.63. The van der Waals surface area contributed by atoms with Gasteiger partial charge in [-0.3, -0.25) is 4.79 Å². The minimum absolute atomic E-state index is 0.0749. The lowest BCUT2D eigenvalue weighted by Gasteiger charge is -2.36. The summed E-state index contributed by atoms with van der Waals surface area (Å²) in [6.07, 6.45) is 0. The Labute approximate surface area is 187 Å². The van der Waals surface area contributed by atoms with Gasteiger partial charge in [-0.1, -0.05) is 30.3 Å². The number of anilines is 3. The average Bonchev–Trinajstić information content (AvgIpc) is 2.85. The van der Waals surface area contributed by atoms with E-state index in [0.29, 0.717) is 30.2 Å². The fourth-order valence-electron chi connectivity index (χ4n) is 3.72. The number of ether oxygens (including phenoxy) is 1. The summed E-state index contributed by atoms with van der Waals surface area (Å²) in [4.78, 5) is 29.1. The maximum Gasteiger partial charge on any atom is 0.323 e. The minimum atomic E-state index is -0.338. The van der Waals surface area contributed by atoms with Crippen molar-refractivity contribution < 1.29 is 14.3 Å². The molecule has 1 heterocycles. The number of amides is 3. The van der Waals surface area contributed by atoms with Gasteiger partial charge in [-0.15, -0.1) is 0 Å². The molecule has 32 heavy (non-hydrogen) atoms. The van der Waals surface area contributed by atoms with Crippen molar-refractivity contribution in [1.29, 1.82) is 0 Å². The highest BCUT2D eigenvalue weighted by molar-refractivity contribution is 6.00. The minimum Gasteiger partial charge on any atom is -0.495 e. The van der Waals surface area contributed by atoms with E-state index in [-0.39, 0.29) is 11.9 Å². The Morgan fingerprint density at radius 2 is 1.44 bits per heavy atom. The third-order valence-electron chi connectivity index (χ3n) is 5.43. The van der Waals surface area contributed by atoms with Gasteiger partial charge in [0.1, 0.15) is 5.75 Å². The van der Waals surface area contributed by atoms with Crippen molar-refractivity contribution in [3.63, 3.8) is 0 Å². The summed E-state index contributed by atoms with van der Waals surface area (Å²) >= 11 is 0. The summed E-state index contributed by atoms with van der Waals surface area (Å²) in [5.74, 6) is 0.675. The van der Waals surface area contributed by atoms with Gasteiger partial charge in [-0.25, -0.2) is 4.79 Å². The molecule has 3 amide bonds. The predicted octanol–water partition coefficient (Wildman–Crippen LogP) is 4.30. The highest BCUT2D eigenvalue weighted by atomic mass is 16.5. The van der Waals surface area contributed by atoms with E-state index in [4.69, 9.17) is 4.74 Å². The lowest BCUT2D eigenvalue weighted by Crippen LogP contribution is -2.48. The molecule has 0 radical (unpaired) electrons. The molecule has 0 aromatic heterocycles. The van der Waals surface area contributed by atoms with Crippen LogP contribution in [-0.2, 0) is 0 Å². The first kappa shape index (κ1) is 21.2. The van der Waals surface area contributed by atoms with Gasteiger partial charge in [0.2, 0.25) is 0 Å². The van der Waals surface area contributed by atoms with Crippen molar-refractivity contribution in [1.82, 2.24) is 4.90 Å². The molecule has 0 aliphatic carbocycles. The zero-order valence-electron chi connectivity index (χ0n) is 18.0. The van der Waals surface area contributed by atoms with Gasteiger partial charge in [0, 0.05) is 43.1 Å². The number of rotatable bonds is 5. The summed E-state index contributed by atoms with van der Waals surface area (Å²) < 4.78 is 5.25. The Bertz CT molecular complexity index is 1060. The molecule has 1 fully saturated rings. The van der Waals surface area contributed by atoms with E-state index in [1.165, 1.54) is 0 Å². The molecule has 0 atom stereocenters. The van der Waals surface area contributed by atoms with Crippen LogP contribution in [-0.4, -0.2) is 50.1 Å². The third-order valence-corrected chi connectivity index (χ3v) is 5.43. The van der Waals surface area contributed by atoms with Gasteiger partial charge in [-0.05, 0) is 48.5 Å². The van der Waals surface area contributed by atoms with Crippen molar-refractivity contribution in [3.8, 4) is 5.75 Å². The number of piperazine rings is 1. The van der Waals surface area contributed by atoms with Gasteiger partial charge < -0.3 is 25.2 Å². The highest BCUT2D eigenvalue weighted by Crippen LogP contribution is 2.24. The first-order valence-electron chi connectivity index (χ1n) is 10.5. The van der Waals surface area contributed by atoms with Gasteiger partial charge in [0.05, 0.1) is 12.8 Å². The number of para-hydroxylation sites is 2. The molecule has 0 bridgehead atoms. The summed E-state index contributed by atoms with van der Waals surface area (Å²) in [7, 11) is 1.56. The lowest BCUT2D eigenvalue weighted by atomic mass is 10.1. The number of hydrogen-bond acceptors (Lipinski definition) is 4. The topological polar surface area (TPSA) is 73.9 Å². The molecule has 0 unspecified atom stereocenters. The van der Waals surface area contributed by atoms with Crippen molar-refractivity contribution in [2.24, 2.45) is 0 Å². The quantitative estimate of drug-likeness (QED) is 0.633. The highest BCUT2D eigenvalue weighted by Gasteiger charge is 2.22. The van der Waals surface area contributed by atoms with Crippen LogP contribution in [0.3, 0.4) is 0 Å². The number of nitrogens with one attached hydrogen (secondary N) is 2. The van der Waals surface area contributed by atoms with Crippen LogP contribution in [0.2, 0.25) is 0 Å². The third kappa shape index (κ3) is 5.00. The Balaban J connectivity index is 1.30. The molecule has 1 saturated heterocycles. The van der Waals surface area contributed by atoms with Crippen LogP contribution in [0.25, 0.3) is 0 Å². The van der Waals surface area contributed by atoms with Gasteiger partial charge in [-0.2, -0.15) is 0 Å². The SMILES string of the molecule is COc1ccccc1NC(=O)Nc1ccc(N2CCN(C(=O)c3ccccc3)CC2)cc1. The van der Waals surface area contributed by atoms with Crippen molar-refractivity contribution >= 4 is 29.0 Å². The van der Waals surface area contributed by atoms with E-state index >= 15 is 0 Å². The summed E-state index contributed by atoms with van der Waals surface area (Å²) in [5.41, 5.74) is 3.08. The van der Waals surface area contributed by atoms with Gasteiger partial charge in [0.15, 0.2) is 0 Å². The van der Waals surface area contributed by atoms with Crippen LogP contribution in [0, 0.1) is 0 Å².